The molecule has 1 aliphatic heterocycles. The number of rotatable bonds is 5. The first kappa shape index (κ1) is 18.1. The van der Waals surface area contributed by atoms with Gasteiger partial charge in [-0.25, -0.2) is 4.39 Å². The smallest absolute Gasteiger partial charge is 0.234 e. The van der Waals surface area contributed by atoms with Gasteiger partial charge in [0.25, 0.3) is 0 Å². The molecule has 0 bridgehead atoms. The fourth-order valence-electron chi connectivity index (χ4n) is 3.93. The molecule has 2 aliphatic rings. The van der Waals surface area contributed by atoms with Crippen molar-refractivity contribution in [1.29, 1.82) is 0 Å². The normalized spacial score (nSPS) is 20.4. The molecule has 1 aromatic carbocycles. The van der Waals surface area contributed by atoms with Crippen LogP contribution in [-0.4, -0.2) is 42.3 Å². The molecule has 1 amide bonds. The lowest BCUT2D eigenvalue weighted by atomic mass is 9.89. The molecule has 3 rings (SSSR count). The van der Waals surface area contributed by atoms with E-state index in [0.29, 0.717) is 18.2 Å². The maximum Gasteiger partial charge on any atom is 0.234 e. The van der Waals surface area contributed by atoms with E-state index in [2.05, 4.69) is 10.2 Å². The summed E-state index contributed by atoms with van der Waals surface area (Å²) in [5.74, 6) is -0.153. The van der Waals surface area contributed by atoms with E-state index in [1.165, 1.54) is 31.4 Å². The number of amides is 1. The Morgan fingerprint density at radius 3 is 2.28 bits per heavy atom. The molecule has 0 atom stereocenters. The predicted octanol–water partition coefficient (Wildman–Crippen LogP) is 3.17. The lowest BCUT2D eigenvalue weighted by molar-refractivity contribution is -0.123. The van der Waals surface area contributed by atoms with Crippen molar-refractivity contribution in [2.45, 2.75) is 51.0 Å². The minimum Gasteiger partial charge on any atom is -0.352 e. The molecule has 0 aromatic heterocycles. The van der Waals surface area contributed by atoms with Gasteiger partial charge in [0, 0.05) is 17.5 Å². The molecular formula is C20H27FN2O2. The predicted molar refractivity (Wildman–Crippen MR) is 94.9 cm³/mol. The summed E-state index contributed by atoms with van der Waals surface area (Å²) < 4.78 is 13.0. The molecule has 1 saturated heterocycles. The largest absolute Gasteiger partial charge is 0.352 e. The van der Waals surface area contributed by atoms with Crippen LogP contribution in [0, 0.1) is 11.7 Å². The minimum absolute atomic E-state index is 0.0249. The Morgan fingerprint density at radius 2 is 1.64 bits per heavy atom. The Kier molecular flexibility index (Phi) is 6.19. The first-order chi connectivity index (χ1) is 12.1. The van der Waals surface area contributed by atoms with Crippen LogP contribution in [0.4, 0.5) is 4.39 Å². The zero-order valence-electron chi connectivity index (χ0n) is 14.7. The summed E-state index contributed by atoms with van der Waals surface area (Å²) in [5.41, 5.74) is 0.579. The second-order valence-corrected chi connectivity index (χ2v) is 7.32. The summed E-state index contributed by atoms with van der Waals surface area (Å²) in [4.78, 5) is 26.8. The molecule has 1 saturated carbocycles. The molecule has 2 fully saturated rings. The van der Waals surface area contributed by atoms with E-state index < -0.39 is 0 Å². The van der Waals surface area contributed by atoms with Crippen LogP contribution in [0.25, 0.3) is 0 Å². The van der Waals surface area contributed by atoms with E-state index in [0.717, 1.165) is 38.8 Å². The molecule has 25 heavy (non-hydrogen) atoms. The van der Waals surface area contributed by atoms with Gasteiger partial charge in [0.05, 0.1) is 6.54 Å². The summed E-state index contributed by atoms with van der Waals surface area (Å²) in [5, 5.41) is 3.15. The number of likely N-dealkylation sites (tertiary alicyclic amines) is 1. The second kappa shape index (κ2) is 8.56. The number of hydrogen-bond donors (Lipinski definition) is 1. The first-order valence-electron chi connectivity index (χ1n) is 9.43. The molecular weight excluding hydrogens is 319 g/mol. The molecule has 5 heteroatoms. The second-order valence-electron chi connectivity index (χ2n) is 7.32. The van der Waals surface area contributed by atoms with Crippen molar-refractivity contribution in [1.82, 2.24) is 10.2 Å². The van der Waals surface area contributed by atoms with E-state index in [-0.39, 0.29) is 23.4 Å². The van der Waals surface area contributed by atoms with Gasteiger partial charge in [-0.05, 0) is 63.0 Å². The van der Waals surface area contributed by atoms with Crippen molar-refractivity contribution >= 4 is 11.7 Å². The highest BCUT2D eigenvalue weighted by atomic mass is 19.1. The number of Topliss-reactive ketones (excluding diaryl/α,β-unsaturated/α-hetero) is 1. The number of hydrogen-bond acceptors (Lipinski definition) is 3. The maximum absolute atomic E-state index is 13.0. The molecule has 1 N–H and O–H groups in total. The highest BCUT2D eigenvalue weighted by molar-refractivity contribution is 5.97. The lowest BCUT2D eigenvalue weighted by Crippen LogP contribution is -2.45. The quantitative estimate of drug-likeness (QED) is 0.833. The average molecular weight is 346 g/mol. The fraction of sp³-hybridized carbons (Fsp3) is 0.600. The molecule has 1 aromatic rings. The maximum atomic E-state index is 13.0. The fourth-order valence-corrected chi connectivity index (χ4v) is 3.93. The Bertz CT molecular complexity index is 588. The summed E-state index contributed by atoms with van der Waals surface area (Å²) in [6, 6.07) is 6.12. The van der Waals surface area contributed by atoms with E-state index in [1.807, 2.05) is 0 Å². The summed E-state index contributed by atoms with van der Waals surface area (Å²) in [6.07, 6.45) is 7.41. The number of benzene rings is 1. The molecule has 0 radical (unpaired) electrons. The molecule has 1 aliphatic carbocycles. The molecule has 4 nitrogen and oxygen atoms in total. The van der Waals surface area contributed by atoms with Gasteiger partial charge < -0.3 is 5.32 Å². The van der Waals surface area contributed by atoms with Gasteiger partial charge in [-0.15, -0.1) is 0 Å². The highest BCUT2D eigenvalue weighted by Gasteiger charge is 2.27. The number of carbonyl (C=O) groups excluding carboxylic acids is 2. The van der Waals surface area contributed by atoms with Crippen LogP contribution in [0.2, 0.25) is 0 Å². The number of halogens is 1. The summed E-state index contributed by atoms with van der Waals surface area (Å²) in [7, 11) is 0. The van der Waals surface area contributed by atoms with Crippen LogP contribution >= 0.6 is 0 Å². The van der Waals surface area contributed by atoms with Gasteiger partial charge >= 0.3 is 0 Å². The zero-order valence-corrected chi connectivity index (χ0v) is 14.7. The minimum atomic E-state index is -0.324. The Labute approximate surface area is 148 Å². The number of ketones is 1. The van der Waals surface area contributed by atoms with Gasteiger partial charge in [0.2, 0.25) is 5.91 Å². The number of nitrogens with one attached hydrogen (secondary N) is 1. The average Bonchev–Trinajstić information content (AvgIpc) is 2.63. The van der Waals surface area contributed by atoms with Gasteiger partial charge in [-0.3, -0.25) is 14.5 Å². The zero-order chi connectivity index (χ0) is 17.6. The standard InChI is InChI=1S/C20H27FN2O2/c21-17-8-6-15(7-9-17)20(25)16-10-12-23(13-11-16)14-19(24)22-18-4-2-1-3-5-18/h6-9,16,18H,1-5,10-14H2,(H,22,24). The van der Waals surface area contributed by atoms with E-state index in [4.69, 9.17) is 0 Å². The van der Waals surface area contributed by atoms with Crippen molar-refractivity contribution in [2.24, 2.45) is 5.92 Å². The van der Waals surface area contributed by atoms with Crippen molar-refractivity contribution < 1.29 is 14.0 Å². The number of piperidine rings is 1. The Hall–Kier alpha value is -1.75. The van der Waals surface area contributed by atoms with Crippen molar-refractivity contribution in [3.8, 4) is 0 Å². The van der Waals surface area contributed by atoms with E-state index >= 15 is 0 Å². The van der Waals surface area contributed by atoms with Crippen LogP contribution in [0.5, 0.6) is 0 Å². The van der Waals surface area contributed by atoms with Gasteiger partial charge in [0.1, 0.15) is 5.82 Å². The van der Waals surface area contributed by atoms with Crippen molar-refractivity contribution in [2.75, 3.05) is 19.6 Å². The van der Waals surface area contributed by atoms with Crippen LogP contribution in [0.3, 0.4) is 0 Å². The molecule has 0 unspecified atom stereocenters. The van der Waals surface area contributed by atoms with Crippen LogP contribution in [-0.2, 0) is 4.79 Å². The molecule has 1 heterocycles. The Balaban J connectivity index is 1.42. The van der Waals surface area contributed by atoms with Crippen molar-refractivity contribution in [3.05, 3.63) is 35.6 Å². The number of nitrogens with zero attached hydrogens (tertiary/aromatic N) is 1. The van der Waals surface area contributed by atoms with Gasteiger partial charge in [-0.2, -0.15) is 0 Å². The van der Waals surface area contributed by atoms with Crippen LogP contribution < -0.4 is 5.32 Å². The third-order valence-electron chi connectivity index (χ3n) is 5.42. The summed E-state index contributed by atoms with van der Waals surface area (Å²) in [6.45, 7) is 1.94. The highest BCUT2D eigenvalue weighted by Crippen LogP contribution is 2.22. The van der Waals surface area contributed by atoms with Crippen molar-refractivity contribution in [3.63, 3.8) is 0 Å². The molecule has 0 spiro atoms. The number of carbonyl (C=O) groups is 2. The SMILES string of the molecule is O=C(CN1CCC(C(=O)c2ccc(F)cc2)CC1)NC1CCCCC1. The van der Waals surface area contributed by atoms with E-state index in [9.17, 15) is 14.0 Å². The third kappa shape index (κ3) is 5.11. The topological polar surface area (TPSA) is 49.4 Å². The van der Waals surface area contributed by atoms with Gasteiger partial charge in [-0.1, -0.05) is 19.3 Å². The Morgan fingerprint density at radius 1 is 1.00 bits per heavy atom. The van der Waals surface area contributed by atoms with E-state index in [1.54, 1.807) is 12.1 Å². The lowest BCUT2D eigenvalue weighted by Gasteiger charge is -2.31. The monoisotopic (exact) mass is 346 g/mol. The first-order valence-corrected chi connectivity index (χ1v) is 9.43. The molecule has 136 valence electrons. The van der Waals surface area contributed by atoms with Crippen LogP contribution in [0.15, 0.2) is 24.3 Å². The summed E-state index contributed by atoms with van der Waals surface area (Å²) >= 11 is 0. The van der Waals surface area contributed by atoms with Crippen LogP contribution in [0.1, 0.15) is 55.3 Å². The van der Waals surface area contributed by atoms with Gasteiger partial charge in [0.15, 0.2) is 5.78 Å². The third-order valence-corrected chi connectivity index (χ3v) is 5.42.